The van der Waals surface area contributed by atoms with Gasteiger partial charge < -0.3 is 0 Å². The number of hydrogen-bond acceptors (Lipinski definition) is 4. The van der Waals surface area contributed by atoms with Crippen LogP contribution in [0.25, 0.3) is 0 Å². The third-order valence-corrected chi connectivity index (χ3v) is 4.95. The van der Waals surface area contributed by atoms with Crippen LogP contribution in [-0.2, 0) is 0 Å². The highest BCUT2D eigenvalue weighted by Gasteiger charge is 2.20. The van der Waals surface area contributed by atoms with Crippen molar-refractivity contribution < 1.29 is 4.79 Å². The summed E-state index contributed by atoms with van der Waals surface area (Å²) in [6.45, 7) is 4.76. The third kappa shape index (κ3) is 3.23. The molecule has 1 unspecified atom stereocenters. The van der Waals surface area contributed by atoms with Gasteiger partial charge in [0.2, 0.25) is 0 Å². The minimum absolute atomic E-state index is 0.191. The molecule has 1 atom stereocenters. The maximum Gasteiger partial charge on any atom is 0.186 e. The minimum atomic E-state index is 0.191. The van der Waals surface area contributed by atoms with E-state index in [0.29, 0.717) is 16.1 Å². The van der Waals surface area contributed by atoms with Crippen LogP contribution in [0, 0.1) is 0 Å². The normalized spacial score (nSPS) is 22.2. The van der Waals surface area contributed by atoms with Gasteiger partial charge in [0.15, 0.2) is 5.78 Å². The minimum Gasteiger partial charge on any atom is -0.294 e. The van der Waals surface area contributed by atoms with Crippen LogP contribution in [0.2, 0.25) is 4.34 Å². The van der Waals surface area contributed by atoms with Crippen molar-refractivity contribution in [2.24, 2.45) is 0 Å². The van der Waals surface area contributed by atoms with Gasteiger partial charge in [-0.05, 0) is 12.1 Å². The molecule has 1 aliphatic rings. The third-order valence-electron chi connectivity index (χ3n) is 2.54. The summed E-state index contributed by atoms with van der Waals surface area (Å²) in [5, 5.41) is 0.633. The quantitative estimate of drug-likeness (QED) is 0.791. The molecule has 2 nitrogen and oxygen atoms in total. The van der Waals surface area contributed by atoms with Crippen LogP contribution >= 0.6 is 34.7 Å². The zero-order valence-electron chi connectivity index (χ0n) is 9.11. The predicted molar refractivity (Wildman–Crippen MR) is 72.0 cm³/mol. The van der Waals surface area contributed by atoms with Crippen molar-refractivity contribution in [3.63, 3.8) is 0 Å². The van der Waals surface area contributed by atoms with Crippen molar-refractivity contribution in [3.05, 3.63) is 21.3 Å². The van der Waals surface area contributed by atoms with E-state index in [0.717, 1.165) is 23.7 Å². The number of carbonyl (C=O) groups is 1. The smallest absolute Gasteiger partial charge is 0.186 e. The van der Waals surface area contributed by atoms with Gasteiger partial charge in [0.05, 0.1) is 15.8 Å². The first-order valence-electron chi connectivity index (χ1n) is 5.27. The lowest BCUT2D eigenvalue weighted by Gasteiger charge is -2.29. The molecule has 1 aromatic rings. The second kappa shape index (κ2) is 5.54. The molecular formula is C11H14ClNOS2. The number of carbonyl (C=O) groups excluding carboxylic acids is 1. The predicted octanol–water partition coefficient (Wildman–Crippen LogP) is 3.02. The Morgan fingerprint density at radius 1 is 1.62 bits per heavy atom. The van der Waals surface area contributed by atoms with Gasteiger partial charge in [-0.15, -0.1) is 11.3 Å². The summed E-state index contributed by atoms with van der Waals surface area (Å²) in [5.74, 6) is 1.32. The lowest BCUT2D eigenvalue weighted by molar-refractivity contribution is 0.0938. The molecule has 0 aliphatic carbocycles. The molecule has 1 aliphatic heterocycles. The van der Waals surface area contributed by atoms with Gasteiger partial charge in [0, 0.05) is 24.1 Å². The van der Waals surface area contributed by atoms with Gasteiger partial charge >= 0.3 is 0 Å². The number of thioether (sulfide) groups is 1. The van der Waals surface area contributed by atoms with E-state index in [1.54, 1.807) is 6.07 Å². The van der Waals surface area contributed by atoms with Crippen LogP contribution in [-0.4, -0.2) is 41.3 Å². The highest BCUT2D eigenvalue weighted by Crippen LogP contribution is 2.23. The van der Waals surface area contributed by atoms with Crippen LogP contribution in [0.15, 0.2) is 12.1 Å². The van der Waals surface area contributed by atoms with E-state index in [1.807, 2.05) is 17.8 Å². The fourth-order valence-corrected chi connectivity index (χ4v) is 3.83. The summed E-state index contributed by atoms with van der Waals surface area (Å²) < 4.78 is 0.686. The molecule has 0 saturated carbocycles. The lowest BCUT2D eigenvalue weighted by Crippen LogP contribution is -2.39. The highest BCUT2D eigenvalue weighted by atomic mass is 35.5. The molecule has 0 radical (unpaired) electrons. The summed E-state index contributed by atoms with van der Waals surface area (Å²) in [7, 11) is 0. The van der Waals surface area contributed by atoms with Gasteiger partial charge in [-0.1, -0.05) is 18.5 Å². The Balaban J connectivity index is 1.92. The maximum absolute atomic E-state index is 11.9. The van der Waals surface area contributed by atoms with E-state index in [-0.39, 0.29) is 5.78 Å². The summed E-state index contributed by atoms with van der Waals surface area (Å²) in [6.07, 6.45) is 0. The Labute approximate surface area is 109 Å². The molecule has 2 rings (SSSR count). The Hall–Kier alpha value is -0.0300. The Morgan fingerprint density at radius 3 is 3.06 bits per heavy atom. The van der Waals surface area contributed by atoms with E-state index >= 15 is 0 Å². The van der Waals surface area contributed by atoms with Gasteiger partial charge in [-0.25, -0.2) is 0 Å². The molecule has 0 aromatic carbocycles. The summed E-state index contributed by atoms with van der Waals surface area (Å²) in [5.41, 5.74) is 0. The molecule has 1 fully saturated rings. The van der Waals surface area contributed by atoms with E-state index in [9.17, 15) is 4.79 Å². The zero-order chi connectivity index (χ0) is 11.5. The second-order valence-corrected chi connectivity index (χ2v) is 7.20. The van der Waals surface area contributed by atoms with Crippen LogP contribution in [0.5, 0.6) is 0 Å². The number of ketones is 1. The van der Waals surface area contributed by atoms with Crippen LogP contribution in [0.3, 0.4) is 0 Å². The van der Waals surface area contributed by atoms with Crippen molar-refractivity contribution in [1.82, 2.24) is 4.90 Å². The van der Waals surface area contributed by atoms with Crippen molar-refractivity contribution in [2.45, 2.75) is 12.2 Å². The van der Waals surface area contributed by atoms with E-state index in [1.165, 1.54) is 11.3 Å². The second-order valence-electron chi connectivity index (χ2n) is 3.94. The van der Waals surface area contributed by atoms with Crippen molar-refractivity contribution in [1.29, 1.82) is 0 Å². The molecular weight excluding hydrogens is 262 g/mol. The topological polar surface area (TPSA) is 20.3 Å². The van der Waals surface area contributed by atoms with E-state index in [4.69, 9.17) is 11.6 Å². The maximum atomic E-state index is 11.9. The molecule has 16 heavy (non-hydrogen) atoms. The SMILES string of the molecule is CC1CN(CC(=O)c2ccc(Cl)s2)CCS1. The molecule has 1 saturated heterocycles. The van der Waals surface area contributed by atoms with E-state index in [2.05, 4.69) is 11.8 Å². The van der Waals surface area contributed by atoms with Gasteiger partial charge in [0.25, 0.3) is 0 Å². The van der Waals surface area contributed by atoms with Crippen molar-refractivity contribution in [3.8, 4) is 0 Å². The fourth-order valence-electron chi connectivity index (χ4n) is 1.78. The number of nitrogens with zero attached hydrogens (tertiary/aromatic N) is 1. The highest BCUT2D eigenvalue weighted by molar-refractivity contribution is 7.99. The lowest BCUT2D eigenvalue weighted by atomic mass is 10.3. The standard InChI is InChI=1S/C11H14ClNOS2/c1-8-6-13(4-5-15-8)7-9(14)10-2-3-11(12)16-10/h2-3,8H,4-7H2,1H3. The molecule has 2 heterocycles. The molecule has 5 heteroatoms. The van der Waals surface area contributed by atoms with E-state index < -0.39 is 0 Å². The summed E-state index contributed by atoms with van der Waals surface area (Å²) in [6, 6.07) is 3.60. The van der Waals surface area contributed by atoms with Crippen LogP contribution in [0.4, 0.5) is 0 Å². The summed E-state index contributed by atoms with van der Waals surface area (Å²) >= 11 is 9.17. The van der Waals surface area contributed by atoms with Crippen molar-refractivity contribution in [2.75, 3.05) is 25.4 Å². The number of thiophene rings is 1. The average molecular weight is 276 g/mol. The first-order chi connectivity index (χ1) is 7.65. The Kier molecular flexibility index (Phi) is 4.30. The first-order valence-corrected chi connectivity index (χ1v) is 7.52. The number of hydrogen-bond donors (Lipinski definition) is 0. The first kappa shape index (κ1) is 12.4. The monoisotopic (exact) mass is 275 g/mol. The molecule has 0 spiro atoms. The zero-order valence-corrected chi connectivity index (χ0v) is 11.5. The average Bonchev–Trinajstić information content (AvgIpc) is 2.65. The molecule has 0 bridgehead atoms. The molecule has 88 valence electrons. The summed E-state index contributed by atoms with van der Waals surface area (Å²) in [4.78, 5) is 14.9. The van der Waals surface area contributed by atoms with Gasteiger partial charge in [0.1, 0.15) is 0 Å². The molecule has 0 N–H and O–H groups in total. The number of Topliss-reactive ketones (excluding diaryl/α,β-unsaturated/α-hetero) is 1. The van der Waals surface area contributed by atoms with Crippen LogP contribution in [0.1, 0.15) is 16.6 Å². The largest absolute Gasteiger partial charge is 0.294 e. The number of halogens is 1. The van der Waals surface area contributed by atoms with Gasteiger partial charge in [-0.3, -0.25) is 9.69 Å². The molecule has 1 aromatic heterocycles. The van der Waals surface area contributed by atoms with Crippen molar-refractivity contribution >= 4 is 40.5 Å². The number of rotatable bonds is 3. The van der Waals surface area contributed by atoms with Gasteiger partial charge in [-0.2, -0.15) is 11.8 Å². The Bertz CT molecular complexity index is 380. The molecule has 0 amide bonds. The Morgan fingerprint density at radius 2 is 2.44 bits per heavy atom. The van der Waals surface area contributed by atoms with Crippen LogP contribution < -0.4 is 0 Å². The fraction of sp³-hybridized carbons (Fsp3) is 0.545.